The molecule has 0 saturated carbocycles. The van der Waals surface area contributed by atoms with Crippen molar-refractivity contribution in [1.82, 2.24) is 0 Å². The van der Waals surface area contributed by atoms with E-state index < -0.39 is 47.3 Å². The molecule has 2 atom stereocenters. The van der Waals surface area contributed by atoms with Gasteiger partial charge in [0.1, 0.15) is 11.4 Å². The van der Waals surface area contributed by atoms with Crippen LogP contribution in [0.25, 0.3) is 0 Å². The van der Waals surface area contributed by atoms with Crippen LogP contribution in [0, 0.1) is 0 Å². The van der Waals surface area contributed by atoms with E-state index >= 15 is 0 Å². The number of rotatable bonds is 18. The third-order valence-electron chi connectivity index (χ3n) is 9.72. The Bertz CT molecular complexity index is 2490. The van der Waals surface area contributed by atoms with E-state index in [1.165, 1.54) is 50.2 Å². The van der Waals surface area contributed by atoms with E-state index in [4.69, 9.17) is 46.4 Å². The summed E-state index contributed by atoms with van der Waals surface area (Å²) in [6.07, 6.45) is 0.786. The molecule has 4 amide bonds. The number of hydrogen-bond acceptors (Lipinski definition) is 10. The number of ketones is 2. The quantitative estimate of drug-likeness (QED) is 0.0382. The van der Waals surface area contributed by atoms with Gasteiger partial charge >= 0.3 is 0 Å². The molecule has 0 aliphatic carbocycles. The van der Waals surface area contributed by atoms with Gasteiger partial charge in [-0.25, -0.2) is 0 Å². The zero-order valence-corrected chi connectivity index (χ0v) is 38.0. The summed E-state index contributed by atoms with van der Waals surface area (Å²) in [4.78, 5) is 78.9. The lowest BCUT2D eigenvalue weighted by molar-refractivity contribution is -0.127. The lowest BCUT2D eigenvalue weighted by Gasteiger charge is -2.20. The van der Waals surface area contributed by atoms with Crippen LogP contribution in [0.15, 0.2) is 118 Å². The molecule has 14 nitrogen and oxygen atoms in total. The van der Waals surface area contributed by atoms with Crippen molar-refractivity contribution >= 4 is 116 Å². The number of azo groups is 2. The summed E-state index contributed by atoms with van der Waals surface area (Å²) in [5.41, 5.74) is 4.98. The molecular formula is C46H42Cl4N8O6. The predicted octanol–water partition coefficient (Wildman–Crippen LogP) is 11.5. The molecule has 0 aliphatic heterocycles. The fourth-order valence-corrected chi connectivity index (χ4v) is 7.16. The first kappa shape index (κ1) is 48.7. The normalized spacial score (nSPS) is 12.1. The molecule has 0 fully saturated rings. The third-order valence-corrected chi connectivity index (χ3v) is 10.9. The molecule has 0 aliphatic rings. The van der Waals surface area contributed by atoms with Crippen molar-refractivity contribution in [1.29, 1.82) is 0 Å². The summed E-state index contributed by atoms with van der Waals surface area (Å²) in [6, 6.07) is 22.7. The van der Waals surface area contributed by atoms with E-state index in [9.17, 15) is 28.8 Å². The average molecular weight is 945 g/mol. The van der Waals surface area contributed by atoms with Crippen molar-refractivity contribution in [2.45, 2.75) is 64.4 Å². The fourth-order valence-electron chi connectivity index (χ4n) is 6.38. The third kappa shape index (κ3) is 12.2. The van der Waals surface area contributed by atoms with Crippen molar-refractivity contribution < 1.29 is 28.8 Å². The number of hydrogen-bond donors (Lipinski definition) is 4. The first-order chi connectivity index (χ1) is 30.7. The van der Waals surface area contributed by atoms with Crippen LogP contribution in [0.4, 0.5) is 34.1 Å². The topological polar surface area (TPSA) is 200 Å². The molecule has 4 N–H and O–H groups in total. The highest BCUT2D eigenvalue weighted by Crippen LogP contribution is 2.32. The number of benzene rings is 5. The van der Waals surface area contributed by atoms with E-state index in [0.717, 1.165) is 11.1 Å². The Morgan fingerprint density at radius 3 is 1.23 bits per heavy atom. The summed E-state index contributed by atoms with van der Waals surface area (Å²) in [5, 5.41) is 27.6. The zero-order chi connectivity index (χ0) is 46.5. The second-order valence-corrected chi connectivity index (χ2v) is 15.4. The molecule has 0 spiro atoms. The molecule has 5 rings (SSSR count). The summed E-state index contributed by atoms with van der Waals surface area (Å²) >= 11 is 24.8. The molecule has 0 aromatic heterocycles. The van der Waals surface area contributed by atoms with Crippen LogP contribution in [0.1, 0.15) is 70.7 Å². The highest BCUT2D eigenvalue weighted by molar-refractivity contribution is 6.33. The van der Waals surface area contributed by atoms with Gasteiger partial charge in [-0.15, -0.1) is 23.2 Å². The molecule has 0 bridgehead atoms. The minimum Gasteiger partial charge on any atom is -0.323 e. The van der Waals surface area contributed by atoms with Gasteiger partial charge in [0.2, 0.25) is 12.1 Å². The van der Waals surface area contributed by atoms with Gasteiger partial charge in [-0.3, -0.25) is 28.8 Å². The van der Waals surface area contributed by atoms with E-state index in [1.807, 2.05) is 13.8 Å². The van der Waals surface area contributed by atoms with E-state index in [-0.39, 0.29) is 44.3 Å². The largest absolute Gasteiger partial charge is 0.323 e. The van der Waals surface area contributed by atoms with Crippen molar-refractivity contribution in [2.75, 3.05) is 21.3 Å². The minimum absolute atomic E-state index is 0.0503. The molecule has 0 saturated heterocycles. The lowest BCUT2D eigenvalue weighted by atomic mass is 9.98. The summed E-state index contributed by atoms with van der Waals surface area (Å²) < 4.78 is 0. The number of nitrogens with one attached hydrogen (secondary N) is 4. The maximum absolute atomic E-state index is 13.6. The smallest absolute Gasteiger partial charge is 0.258 e. The Morgan fingerprint density at radius 1 is 0.516 bits per heavy atom. The minimum atomic E-state index is -1.59. The Hall–Kier alpha value is -6.32. The highest BCUT2D eigenvalue weighted by Gasteiger charge is 2.27. The van der Waals surface area contributed by atoms with Crippen LogP contribution >= 0.6 is 46.4 Å². The van der Waals surface area contributed by atoms with Gasteiger partial charge in [-0.1, -0.05) is 73.4 Å². The molecule has 0 radical (unpaired) electrons. The number of halogens is 4. The number of carbonyl (C=O) groups excluding carboxylic acids is 6. The Kier molecular flexibility index (Phi) is 17.4. The number of para-hydroxylation sites is 2. The van der Waals surface area contributed by atoms with Gasteiger partial charge in [0, 0.05) is 45.6 Å². The van der Waals surface area contributed by atoms with Crippen LogP contribution in [0.2, 0.25) is 10.0 Å². The lowest BCUT2D eigenvalue weighted by Crippen LogP contribution is -2.33. The SMILES string of the molecule is CCc1c(NC(=O)C(N=Nc2cc(C(=O)Nc3ccccc3CCl)ccc2Cl)C(C)=O)ccc(NC(=O)C(N=Nc2cc(C(=O)Nc3ccccc3CCl)ccc2Cl)C(C)=O)c1CC. The Balaban J connectivity index is 1.31. The number of Topliss-reactive ketones (excluding diaryl/α,β-unsaturated/α-hetero) is 2. The number of carbonyl (C=O) groups is 6. The average Bonchev–Trinajstić information content (AvgIpc) is 3.27. The second kappa shape index (κ2) is 22.9. The molecule has 5 aromatic carbocycles. The van der Waals surface area contributed by atoms with Crippen LogP contribution < -0.4 is 21.3 Å². The van der Waals surface area contributed by atoms with Crippen molar-refractivity contribution in [2.24, 2.45) is 20.5 Å². The molecule has 64 heavy (non-hydrogen) atoms. The maximum atomic E-state index is 13.6. The second-order valence-electron chi connectivity index (χ2n) is 14.1. The van der Waals surface area contributed by atoms with Crippen LogP contribution in [-0.4, -0.2) is 47.3 Å². The highest BCUT2D eigenvalue weighted by atomic mass is 35.5. The molecule has 2 unspecified atom stereocenters. The predicted molar refractivity (Wildman–Crippen MR) is 251 cm³/mol. The molecular weight excluding hydrogens is 902 g/mol. The van der Waals surface area contributed by atoms with Crippen molar-refractivity contribution in [3.63, 3.8) is 0 Å². The standard InChI is InChI=1S/C46H42Cl4N8O6/c1-5-31-32(6-2)38(54-46(64)42(26(4)60)58-56-40-22-28(16-18-34(40)50)44(62)52-36-14-10-8-12-30(36)24-48)20-19-37(31)53-45(63)41(25(3)59)57-55-39-21-27(15-17-33(39)49)43(61)51-35-13-9-7-11-29(35)23-47/h7-22,41-42H,5-6,23-24H2,1-4H3,(H,51,61)(H,52,62)(H,53,63)(H,54,64). The number of amides is 4. The van der Waals surface area contributed by atoms with Crippen LogP contribution in [0.3, 0.4) is 0 Å². The van der Waals surface area contributed by atoms with E-state index in [0.29, 0.717) is 46.7 Å². The van der Waals surface area contributed by atoms with E-state index in [1.54, 1.807) is 60.7 Å². The molecule has 18 heteroatoms. The summed E-state index contributed by atoms with van der Waals surface area (Å²) in [6.45, 7) is 6.07. The van der Waals surface area contributed by atoms with Gasteiger partial charge in [-0.2, -0.15) is 20.5 Å². The number of nitrogens with zero attached hydrogens (tertiary/aromatic N) is 4. The first-order valence-electron chi connectivity index (χ1n) is 19.8. The fraction of sp³-hybridized carbons (Fsp3) is 0.217. The Morgan fingerprint density at radius 2 is 0.891 bits per heavy atom. The van der Waals surface area contributed by atoms with Crippen LogP contribution in [-0.2, 0) is 43.8 Å². The molecule has 5 aromatic rings. The van der Waals surface area contributed by atoms with E-state index in [2.05, 4.69) is 41.7 Å². The Labute approximate surface area is 389 Å². The first-order valence-corrected chi connectivity index (χ1v) is 21.6. The van der Waals surface area contributed by atoms with Gasteiger partial charge in [0.15, 0.2) is 11.6 Å². The van der Waals surface area contributed by atoms with Gasteiger partial charge in [-0.05, 0) is 110 Å². The zero-order valence-electron chi connectivity index (χ0n) is 35.0. The maximum Gasteiger partial charge on any atom is 0.258 e. The van der Waals surface area contributed by atoms with Gasteiger partial charge in [0.05, 0.1) is 10.0 Å². The summed E-state index contributed by atoms with van der Waals surface area (Å²) in [7, 11) is 0. The monoisotopic (exact) mass is 942 g/mol. The number of alkyl halides is 2. The van der Waals surface area contributed by atoms with Gasteiger partial charge in [0.25, 0.3) is 23.6 Å². The van der Waals surface area contributed by atoms with Gasteiger partial charge < -0.3 is 21.3 Å². The molecule has 0 heterocycles. The van der Waals surface area contributed by atoms with Crippen molar-refractivity contribution in [3.8, 4) is 0 Å². The number of anilines is 4. The van der Waals surface area contributed by atoms with Crippen LogP contribution in [0.5, 0.6) is 0 Å². The molecule has 330 valence electrons. The summed E-state index contributed by atoms with van der Waals surface area (Å²) in [5.74, 6) is -3.37. The van der Waals surface area contributed by atoms with Crippen molar-refractivity contribution in [3.05, 3.63) is 140 Å².